The first-order valence-corrected chi connectivity index (χ1v) is 10.4. The summed E-state index contributed by atoms with van der Waals surface area (Å²) in [5.41, 5.74) is 0.929. The van der Waals surface area contributed by atoms with Crippen molar-refractivity contribution in [3.05, 3.63) is 23.5 Å². The molecule has 0 fully saturated rings. The lowest BCUT2D eigenvalue weighted by atomic mass is 10.2. The fourth-order valence-electron chi connectivity index (χ4n) is 2.57. The van der Waals surface area contributed by atoms with E-state index in [1.165, 1.54) is 7.11 Å². The molecule has 12 heteroatoms. The predicted molar refractivity (Wildman–Crippen MR) is 107 cm³/mol. The van der Waals surface area contributed by atoms with Crippen molar-refractivity contribution in [2.75, 3.05) is 36.1 Å². The monoisotopic (exact) mass is 416 g/mol. The van der Waals surface area contributed by atoms with E-state index in [2.05, 4.69) is 24.9 Å². The molecule has 0 aliphatic carbocycles. The number of aromatic amines is 1. The summed E-state index contributed by atoms with van der Waals surface area (Å²) in [6.07, 6.45) is 1.03. The first-order valence-electron chi connectivity index (χ1n) is 8.52. The maximum Gasteiger partial charge on any atom is 0.249 e. The lowest BCUT2D eigenvalue weighted by Crippen LogP contribution is -2.22. The molecule has 0 saturated heterocycles. The summed E-state index contributed by atoms with van der Waals surface area (Å²) in [6, 6.07) is 6.74. The number of azo groups is 1. The van der Waals surface area contributed by atoms with Gasteiger partial charge in [-0.05, 0) is 19.9 Å². The number of H-pyrrole nitrogens is 1. The highest BCUT2D eigenvalue weighted by Gasteiger charge is 2.17. The average Bonchev–Trinajstić information content (AvgIpc) is 3.09. The van der Waals surface area contributed by atoms with Crippen LogP contribution in [0.3, 0.4) is 0 Å². The van der Waals surface area contributed by atoms with Crippen LogP contribution in [0.15, 0.2) is 22.4 Å². The number of anilines is 2. The highest BCUT2D eigenvalue weighted by Crippen LogP contribution is 2.39. The van der Waals surface area contributed by atoms with Crippen molar-refractivity contribution in [1.29, 1.82) is 10.5 Å². The third-order valence-electron chi connectivity index (χ3n) is 3.86. The van der Waals surface area contributed by atoms with Crippen LogP contribution in [0.25, 0.3) is 0 Å². The van der Waals surface area contributed by atoms with Crippen LogP contribution in [0, 0.1) is 22.7 Å². The van der Waals surface area contributed by atoms with Crippen LogP contribution in [0.1, 0.15) is 25.2 Å². The zero-order chi connectivity index (χ0) is 21.6. The van der Waals surface area contributed by atoms with Gasteiger partial charge >= 0.3 is 0 Å². The Hall–Kier alpha value is -3.64. The maximum absolute atomic E-state index is 11.8. The summed E-state index contributed by atoms with van der Waals surface area (Å²) in [6.45, 7) is 5.31. The Labute approximate surface area is 168 Å². The number of imidazole rings is 1. The molecular weight excluding hydrogens is 396 g/mol. The van der Waals surface area contributed by atoms with Gasteiger partial charge in [-0.1, -0.05) is 0 Å². The zero-order valence-corrected chi connectivity index (χ0v) is 17.2. The molecule has 0 aliphatic heterocycles. The standard InChI is InChI=1S/C17H20N8O3S/c1-5-25(6-2)15-7-12(24-29(4,26)27)11(8-16(15)28-3)22-23-17-20-13(9-18)14(10-19)21-17/h7-8,24H,5-6H2,1-4H3,(H,20,21). The third-order valence-corrected chi connectivity index (χ3v) is 4.45. The Morgan fingerprint density at radius 1 is 1.24 bits per heavy atom. The van der Waals surface area contributed by atoms with E-state index >= 15 is 0 Å². The summed E-state index contributed by atoms with van der Waals surface area (Å²) >= 11 is 0. The smallest absolute Gasteiger partial charge is 0.249 e. The Morgan fingerprint density at radius 2 is 1.93 bits per heavy atom. The second kappa shape index (κ2) is 9.03. The molecule has 0 unspecified atom stereocenters. The Bertz CT molecular complexity index is 1070. The molecule has 29 heavy (non-hydrogen) atoms. The van der Waals surface area contributed by atoms with E-state index in [1.807, 2.05) is 18.7 Å². The van der Waals surface area contributed by atoms with Gasteiger partial charge in [0.05, 0.1) is 24.7 Å². The zero-order valence-electron chi connectivity index (χ0n) is 16.4. The van der Waals surface area contributed by atoms with Crippen molar-refractivity contribution >= 4 is 33.0 Å². The minimum absolute atomic E-state index is 0.0367. The molecule has 1 aromatic heterocycles. The van der Waals surface area contributed by atoms with Crippen molar-refractivity contribution in [2.24, 2.45) is 10.2 Å². The highest BCUT2D eigenvalue weighted by atomic mass is 32.2. The Balaban J connectivity index is 2.58. The van der Waals surface area contributed by atoms with Gasteiger partial charge in [0.25, 0.3) is 0 Å². The molecule has 0 aliphatic rings. The number of methoxy groups -OCH3 is 1. The van der Waals surface area contributed by atoms with Crippen molar-refractivity contribution in [2.45, 2.75) is 13.8 Å². The van der Waals surface area contributed by atoms with E-state index in [0.29, 0.717) is 24.5 Å². The summed E-state index contributed by atoms with van der Waals surface area (Å²) in [7, 11) is -2.09. The van der Waals surface area contributed by atoms with Crippen LogP contribution in [0.4, 0.5) is 23.0 Å². The Morgan fingerprint density at radius 3 is 2.41 bits per heavy atom. The lowest BCUT2D eigenvalue weighted by Gasteiger charge is -2.24. The quantitative estimate of drug-likeness (QED) is 0.626. The number of sulfonamides is 1. The number of hydrogen-bond acceptors (Lipinski definition) is 9. The van der Waals surface area contributed by atoms with Crippen LogP contribution in [-0.4, -0.2) is 44.8 Å². The molecular formula is C17H20N8O3S. The molecule has 1 heterocycles. The predicted octanol–water partition coefficient (Wildman–Crippen LogP) is 2.79. The molecule has 11 nitrogen and oxygen atoms in total. The molecule has 0 bridgehead atoms. The molecule has 2 aromatic rings. The van der Waals surface area contributed by atoms with E-state index in [9.17, 15) is 8.42 Å². The number of ether oxygens (including phenoxy) is 1. The number of rotatable bonds is 8. The van der Waals surface area contributed by atoms with E-state index < -0.39 is 10.0 Å². The van der Waals surface area contributed by atoms with Gasteiger partial charge in [-0.15, -0.1) is 10.2 Å². The van der Waals surface area contributed by atoms with Gasteiger partial charge in [0.1, 0.15) is 23.6 Å². The molecule has 2 rings (SSSR count). The van der Waals surface area contributed by atoms with Crippen LogP contribution >= 0.6 is 0 Å². The highest BCUT2D eigenvalue weighted by molar-refractivity contribution is 7.92. The summed E-state index contributed by atoms with van der Waals surface area (Å²) < 4.78 is 31.5. The number of nitrogens with one attached hydrogen (secondary N) is 2. The molecule has 0 radical (unpaired) electrons. The van der Waals surface area contributed by atoms with Crippen LogP contribution < -0.4 is 14.4 Å². The first kappa shape index (κ1) is 21.7. The number of aromatic nitrogens is 2. The molecule has 0 amide bonds. The molecule has 0 saturated carbocycles. The average molecular weight is 416 g/mol. The van der Waals surface area contributed by atoms with Gasteiger partial charge in [-0.2, -0.15) is 15.5 Å². The van der Waals surface area contributed by atoms with Crippen LogP contribution in [0.5, 0.6) is 5.75 Å². The molecule has 0 atom stereocenters. The maximum atomic E-state index is 11.8. The second-order valence-electron chi connectivity index (χ2n) is 5.80. The minimum atomic E-state index is -3.59. The van der Waals surface area contributed by atoms with Gasteiger partial charge in [0.15, 0.2) is 11.4 Å². The van der Waals surface area contributed by atoms with Gasteiger partial charge in [-0.25, -0.2) is 8.42 Å². The first-order chi connectivity index (χ1) is 13.8. The molecule has 0 spiro atoms. The van der Waals surface area contributed by atoms with Crippen LogP contribution in [-0.2, 0) is 10.0 Å². The third kappa shape index (κ3) is 5.21. The number of nitriles is 2. The Kier molecular flexibility index (Phi) is 6.75. The van der Waals surface area contributed by atoms with Gasteiger partial charge in [-0.3, -0.25) is 4.72 Å². The molecule has 2 N–H and O–H groups in total. The normalized spacial score (nSPS) is 11.1. The molecule has 152 valence electrons. The fraction of sp³-hybridized carbons (Fsp3) is 0.353. The van der Waals surface area contributed by atoms with Crippen molar-refractivity contribution in [1.82, 2.24) is 9.97 Å². The topological polar surface area (TPSA) is 160 Å². The number of hydrogen-bond donors (Lipinski definition) is 2. The van der Waals surface area contributed by atoms with E-state index in [-0.39, 0.29) is 28.7 Å². The number of nitrogens with zero attached hydrogens (tertiary/aromatic N) is 6. The van der Waals surface area contributed by atoms with Crippen molar-refractivity contribution < 1.29 is 13.2 Å². The fourth-order valence-corrected chi connectivity index (χ4v) is 3.13. The van der Waals surface area contributed by atoms with Gasteiger partial charge in [0, 0.05) is 19.2 Å². The largest absolute Gasteiger partial charge is 0.494 e. The second-order valence-corrected chi connectivity index (χ2v) is 7.54. The van der Waals surface area contributed by atoms with Crippen LogP contribution in [0.2, 0.25) is 0 Å². The molecule has 1 aromatic carbocycles. The van der Waals surface area contributed by atoms with Crippen molar-refractivity contribution in [3.8, 4) is 17.9 Å². The summed E-state index contributed by atoms with van der Waals surface area (Å²) in [5, 5.41) is 25.9. The van der Waals surface area contributed by atoms with E-state index in [1.54, 1.807) is 24.3 Å². The lowest BCUT2D eigenvalue weighted by molar-refractivity contribution is 0.414. The van der Waals surface area contributed by atoms with Gasteiger partial charge in [0.2, 0.25) is 16.0 Å². The van der Waals surface area contributed by atoms with E-state index in [0.717, 1.165) is 6.26 Å². The summed E-state index contributed by atoms with van der Waals surface area (Å²) in [5.74, 6) is 0.423. The van der Waals surface area contributed by atoms with Gasteiger partial charge < -0.3 is 14.6 Å². The summed E-state index contributed by atoms with van der Waals surface area (Å²) in [4.78, 5) is 8.42. The van der Waals surface area contributed by atoms with Crippen molar-refractivity contribution in [3.63, 3.8) is 0 Å². The van der Waals surface area contributed by atoms with E-state index in [4.69, 9.17) is 15.3 Å². The number of benzene rings is 1. The minimum Gasteiger partial charge on any atom is -0.494 e. The SMILES string of the molecule is CCN(CC)c1cc(NS(C)(=O)=O)c(N=Nc2nc(C#N)c(C#N)[nH]2)cc1OC.